The highest BCUT2D eigenvalue weighted by Crippen LogP contribution is 2.16. The van der Waals surface area contributed by atoms with Gasteiger partial charge in [0, 0.05) is 35.9 Å². The van der Waals surface area contributed by atoms with Gasteiger partial charge in [-0.25, -0.2) is 4.98 Å². The van der Waals surface area contributed by atoms with E-state index in [2.05, 4.69) is 75.4 Å². The molecule has 2 rings (SSSR count). The van der Waals surface area contributed by atoms with Crippen molar-refractivity contribution in [3.05, 3.63) is 58.2 Å². The Morgan fingerprint density at radius 3 is 2.60 bits per heavy atom. The fourth-order valence-electron chi connectivity index (χ4n) is 2.14. The summed E-state index contributed by atoms with van der Waals surface area (Å²) in [4.78, 5) is 6.69. The molecule has 0 fully saturated rings. The number of nitrogens with zero attached hydrogens (tertiary/aromatic N) is 2. The Labute approximate surface area is 129 Å². The molecule has 1 N–H and O–H groups in total. The quantitative estimate of drug-likeness (QED) is 0.868. The molecule has 0 atom stereocenters. The molecule has 0 spiro atoms. The van der Waals surface area contributed by atoms with Crippen molar-refractivity contribution in [3.63, 3.8) is 0 Å². The number of pyridine rings is 1. The Balaban J connectivity index is 2.00. The zero-order valence-corrected chi connectivity index (χ0v) is 13.5. The van der Waals surface area contributed by atoms with Gasteiger partial charge in [-0.15, -0.1) is 0 Å². The van der Waals surface area contributed by atoms with Crippen LogP contribution in [0.25, 0.3) is 0 Å². The molecule has 20 heavy (non-hydrogen) atoms. The minimum Gasteiger partial charge on any atom is -0.370 e. The van der Waals surface area contributed by atoms with Crippen molar-refractivity contribution < 1.29 is 0 Å². The standard InChI is InChI=1S/C16H20BrN3/c1-3-18-16-14(5-4-10-19-16)12-20(2)11-13-6-8-15(17)9-7-13/h4-10H,3,11-12H2,1-2H3,(H,18,19). The summed E-state index contributed by atoms with van der Waals surface area (Å²) < 4.78 is 1.12. The van der Waals surface area contributed by atoms with Crippen molar-refractivity contribution in [2.45, 2.75) is 20.0 Å². The molecule has 0 amide bonds. The first kappa shape index (κ1) is 15.0. The average molecular weight is 334 g/mol. The van der Waals surface area contributed by atoms with Crippen LogP contribution < -0.4 is 5.32 Å². The van der Waals surface area contributed by atoms with Crippen LogP contribution in [0.15, 0.2) is 47.1 Å². The molecule has 3 nitrogen and oxygen atoms in total. The van der Waals surface area contributed by atoms with Crippen LogP contribution in [0.4, 0.5) is 5.82 Å². The number of benzene rings is 1. The van der Waals surface area contributed by atoms with E-state index >= 15 is 0 Å². The van der Waals surface area contributed by atoms with Gasteiger partial charge in [0.2, 0.25) is 0 Å². The highest BCUT2D eigenvalue weighted by molar-refractivity contribution is 9.10. The molecule has 0 bridgehead atoms. The molecule has 0 radical (unpaired) electrons. The van der Waals surface area contributed by atoms with Crippen molar-refractivity contribution >= 4 is 21.7 Å². The van der Waals surface area contributed by atoms with E-state index in [4.69, 9.17) is 0 Å². The molecule has 106 valence electrons. The van der Waals surface area contributed by atoms with Gasteiger partial charge in [0.1, 0.15) is 5.82 Å². The van der Waals surface area contributed by atoms with Crippen molar-refractivity contribution in [2.24, 2.45) is 0 Å². The second-order valence-electron chi connectivity index (χ2n) is 4.84. The fourth-order valence-corrected chi connectivity index (χ4v) is 2.41. The second kappa shape index (κ2) is 7.41. The molecular weight excluding hydrogens is 314 g/mol. The normalized spacial score (nSPS) is 10.8. The van der Waals surface area contributed by atoms with Crippen LogP contribution in [0.3, 0.4) is 0 Å². The number of hydrogen-bond donors (Lipinski definition) is 1. The van der Waals surface area contributed by atoms with Gasteiger partial charge in [0.15, 0.2) is 0 Å². The largest absolute Gasteiger partial charge is 0.370 e. The smallest absolute Gasteiger partial charge is 0.130 e. The van der Waals surface area contributed by atoms with Crippen LogP contribution in [-0.2, 0) is 13.1 Å². The summed E-state index contributed by atoms with van der Waals surface area (Å²) >= 11 is 3.46. The minimum absolute atomic E-state index is 0.881. The third-order valence-electron chi connectivity index (χ3n) is 3.04. The SMILES string of the molecule is CCNc1ncccc1CN(C)Cc1ccc(Br)cc1. The van der Waals surface area contributed by atoms with Gasteiger partial charge >= 0.3 is 0 Å². The van der Waals surface area contributed by atoms with E-state index in [9.17, 15) is 0 Å². The third kappa shape index (κ3) is 4.32. The first-order chi connectivity index (χ1) is 9.69. The number of aromatic nitrogens is 1. The topological polar surface area (TPSA) is 28.2 Å². The Bertz CT molecular complexity index is 540. The zero-order valence-electron chi connectivity index (χ0n) is 11.9. The maximum atomic E-state index is 4.40. The van der Waals surface area contributed by atoms with Crippen LogP contribution in [0.5, 0.6) is 0 Å². The number of anilines is 1. The minimum atomic E-state index is 0.881. The molecule has 1 aromatic carbocycles. The lowest BCUT2D eigenvalue weighted by molar-refractivity contribution is 0.319. The van der Waals surface area contributed by atoms with E-state index in [1.54, 1.807) is 0 Å². The summed E-state index contributed by atoms with van der Waals surface area (Å²) in [6.45, 7) is 4.78. The molecule has 0 saturated heterocycles. The molecule has 2 aromatic rings. The molecular formula is C16H20BrN3. The van der Waals surface area contributed by atoms with E-state index < -0.39 is 0 Å². The van der Waals surface area contributed by atoms with Gasteiger partial charge in [-0.1, -0.05) is 34.1 Å². The van der Waals surface area contributed by atoms with Gasteiger partial charge in [-0.3, -0.25) is 4.90 Å². The Hall–Kier alpha value is -1.39. The molecule has 0 aliphatic heterocycles. The van der Waals surface area contributed by atoms with Gasteiger partial charge in [0.25, 0.3) is 0 Å². The molecule has 1 heterocycles. The summed E-state index contributed by atoms with van der Waals surface area (Å²) in [7, 11) is 2.13. The first-order valence-electron chi connectivity index (χ1n) is 6.79. The van der Waals surface area contributed by atoms with Crippen molar-refractivity contribution in [1.29, 1.82) is 0 Å². The summed E-state index contributed by atoms with van der Waals surface area (Å²) in [6.07, 6.45) is 1.83. The van der Waals surface area contributed by atoms with Crippen molar-refractivity contribution in [2.75, 3.05) is 18.9 Å². The number of nitrogens with one attached hydrogen (secondary N) is 1. The first-order valence-corrected chi connectivity index (χ1v) is 7.59. The summed E-state index contributed by atoms with van der Waals surface area (Å²) in [5.74, 6) is 0.984. The van der Waals surface area contributed by atoms with Crippen LogP contribution in [0, 0.1) is 0 Å². The average Bonchev–Trinajstić information content (AvgIpc) is 2.44. The Kier molecular flexibility index (Phi) is 5.56. The van der Waals surface area contributed by atoms with E-state index in [1.807, 2.05) is 12.3 Å². The lowest BCUT2D eigenvalue weighted by Gasteiger charge is -2.18. The van der Waals surface area contributed by atoms with Crippen LogP contribution in [-0.4, -0.2) is 23.5 Å². The Morgan fingerprint density at radius 1 is 1.15 bits per heavy atom. The van der Waals surface area contributed by atoms with Crippen molar-refractivity contribution in [3.8, 4) is 0 Å². The van der Waals surface area contributed by atoms with E-state index in [1.165, 1.54) is 11.1 Å². The predicted octanol–water partition coefficient (Wildman–Crippen LogP) is 3.91. The second-order valence-corrected chi connectivity index (χ2v) is 5.76. The number of hydrogen-bond acceptors (Lipinski definition) is 3. The van der Waals surface area contributed by atoms with E-state index in [0.717, 1.165) is 29.9 Å². The number of halogens is 1. The molecule has 0 aliphatic rings. The third-order valence-corrected chi connectivity index (χ3v) is 3.57. The number of rotatable bonds is 6. The van der Waals surface area contributed by atoms with Crippen LogP contribution in [0.2, 0.25) is 0 Å². The predicted molar refractivity (Wildman–Crippen MR) is 87.7 cm³/mol. The molecule has 0 aliphatic carbocycles. The Morgan fingerprint density at radius 2 is 1.90 bits per heavy atom. The summed E-state index contributed by atoms with van der Waals surface area (Å²) in [5, 5.41) is 3.31. The summed E-state index contributed by atoms with van der Waals surface area (Å²) in [6, 6.07) is 12.6. The van der Waals surface area contributed by atoms with Gasteiger partial charge in [-0.2, -0.15) is 0 Å². The fraction of sp³-hybridized carbons (Fsp3) is 0.312. The summed E-state index contributed by atoms with van der Waals surface area (Å²) in [5.41, 5.74) is 2.54. The van der Waals surface area contributed by atoms with E-state index in [-0.39, 0.29) is 0 Å². The maximum Gasteiger partial charge on any atom is 0.130 e. The zero-order chi connectivity index (χ0) is 14.4. The molecule has 0 saturated carbocycles. The molecule has 0 unspecified atom stereocenters. The molecule has 1 aromatic heterocycles. The van der Waals surface area contributed by atoms with E-state index in [0.29, 0.717) is 0 Å². The van der Waals surface area contributed by atoms with Crippen molar-refractivity contribution in [1.82, 2.24) is 9.88 Å². The van der Waals surface area contributed by atoms with Gasteiger partial charge in [-0.05, 0) is 37.7 Å². The molecule has 4 heteroatoms. The lowest BCUT2D eigenvalue weighted by Crippen LogP contribution is -2.18. The monoisotopic (exact) mass is 333 g/mol. The highest BCUT2D eigenvalue weighted by Gasteiger charge is 2.06. The van der Waals surface area contributed by atoms with Gasteiger partial charge in [0.05, 0.1) is 0 Å². The highest BCUT2D eigenvalue weighted by atomic mass is 79.9. The van der Waals surface area contributed by atoms with Crippen LogP contribution >= 0.6 is 15.9 Å². The van der Waals surface area contributed by atoms with Gasteiger partial charge < -0.3 is 5.32 Å². The van der Waals surface area contributed by atoms with Crippen LogP contribution in [0.1, 0.15) is 18.1 Å². The maximum absolute atomic E-state index is 4.40. The lowest BCUT2D eigenvalue weighted by atomic mass is 10.2.